The standard InChI is InChI=1S/C57H88N6O17/c1-13-32(6)46(42(76-11)28-44(66)63-25-17-20-39(63)51(77-12)33(7)53(71)59-34(8)47(67)36-18-15-14-16-19-36)61(9)54(72)37(30(2)3)27-40(64)45(31(4)5)62(10)57(75)78-29-35-21-22-41(38(26-35)60-43(65)23-24-58)79-56-50(70)48(68)49(69)52(80-56)55(73)74/h14-16,18-19,21-22,26,30-34,37,39,42,45-52,56,67-70H,13,17,20,23-25,27-29,58H2,1-12H3,(H,59,71)(H,60,65)(H,73,74)/t32-,33+,34+,37-,39?,42+,45-,46-,47+,48-,49-,50+,51+,52-,56+/m0/s1. The molecule has 0 spiro atoms. The molecule has 4 rings (SSSR count). The van der Waals surface area contributed by atoms with Crippen LogP contribution in [0.1, 0.15) is 111 Å². The van der Waals surface area contributed by atoms with E-state index in [0.717, 1.165) is 0 Å². The number of likely N-dealkylation sites (tertiary alicyclic amines) is 1. The summed E-state index contributed by atoms with van der Waals surface area (Å²) in [6.07, 6.45) is -11.3. The first-order chi connectivity index (χ1) is 37.7. The van der Waals surface area contributed by atoms with Gasteiger partial charge in [0.1, 0.15) is 30.7 Å². The molecular weight excluding hydrogens is 1040 g/mol. The van der Waals surface area contributed by atoms with Gasteiger partial charge in [-0.05, 0) is 60.8 Å². The smallest absolute Gasteiger partial charge is 0.410 e. The zero-order valence-corrected chi connectivity index (χ0v) is 48.4. The highest BCUT2D eigenvalue weighted by atomic mass is 16.7. The summed E-state index contributed by atoms with van der Waals surface area (Å²) in [5.74, 6) is -6.06. The number of aliphatic hydroxyl groups is 4. The van der Waals surface area contributed by atoms with Crippen molar-refractivity contribution in [2.24, 2.45) is 35.3 Å². The number of hydrogen-bond donors (Lipinski definition) is 8. The molecular formula is C57H88N6O17. The van der Waals surface area contributed by atoms with E-state index < -0.39 is 115 Å². The van der Waals surface area contributed by atoms with Crippen molar-refractivity contribution in [1.29, 1.82) is 0 Å². The molecule has 2 aromatic carbocycles. The van der Waals surface area contributed by atoms with Crippen molar-refractivity contribution >= 4 is 47.2 Å². The zero-order chi connectivity index (χ0) is 59.9. The molecule has 1 unspecified atom stereocenters. The molecule has 23 nitrogen and oxygen atoms in total. The molecule has 80 heavy (non-hydrogen) atoms. The molecule has 0 saturated carbocycles. The van der Waals surface area contributed by atoms with E-state index in [0.29, 0.717) is 36.9 Å². The van der Waals surface area contributed by atoms with Gasteiger partial charge in [0.2, 0.25) is 29.9 Å². The third-order valence-corrected chi connectivity index (χ3v) is 15.6. The number of carboxylic acids is 1. The number of carboxylic acid groups (broad SMARTS) is 1. The topological polar surface area (TPSA) is 327 Å². The van der Waals surface area contributed by atoms with Gasteiger partial charge in [0.25, 0.3) is 0 Å². The van der Waals surface area contributed by atoms with Gasteiger partial charge in [-0.2, -0.15) is 0 Å². The third-order valence-electron chi connectivity index (χ3n) is 15.6. The van der Waals surface area contributed by atoms with Crippen LogP contribution in [0.25, 0.3) is 0 Å². The van der Waals surface area contributed by atoms with Gasteiger partial charge in [0, 0.05) is 60.2 Å². The van der Waals surface area contributed by atoms with Gasteiger partial charge in [-0.25, -0.2) is 9.59 Å². The summed E-state index contributed by atoms with van der Waals surface area (Å²) in [5.41, 5.74) is 6.54. The highest BCUT2D eigenvalue weighted by Gasteiger charge is 2.49. The molecule has 2 aliphatic heterocycles. The van der Waals surface area contributed by atoms with Crippen molar-refractivity contribution < 1.29 is 82.8 Å². The molecule has 23 heteroatoms. The summed E-state index contributed by atoms with van der Waals surface area (Å²) in [5, 5.41) is 57.0. The number of aliphatic carboxylic acids is 1. The van der Waals surface area contributed by atoms with Crippen LogP contribution in [0.3, 0.4) is 0 Å². The summed E-state index contributed by atoms with van der Waals surface area (Å²) in [4.78, 5) is 100. The molecule has 0 aliphatic carbocycles. The van der Waals surface area contributed by atoms with Crippen molar-refractivity contribution in [3.63, 3.8) is 0 Å². The van der Waals surface area contributed by atoms with Gasteiger partial charge in [-0.3, -0.25) is 24.0 Å². The number of methoxy groups -OCH3 is 2. The molecule has 2 aromatic rings. The molecule has 448 valence electrons. The fourth-order valence-electron chi connectivity index (χ4n) is 10.8. The number of carbonyl (C=O) groups excluding carboxylic acids is 6. The van der Waals surface area contributed by atoms with Crippen LogP contribution in [0.5, 0.6) is 5.75 Å². The number of ether oxygens (including phenoxy) is 5. The quantitative estimate of drug-likeness (QED) is 0.0580. The number of anilines is 1. The van der Waals surface area contributed by atoms with Crippen molar-refractivity contribution in [1.82, 2.24) is 20.0 Å². The Kier molecular flexibility index (Phi) is 25.7. The lowest BCUT2D eigenvalue weighted by Gasteiger charge is -2.41. The van der Waals surface area contributed by atoms with Crippen LogP contribution in [0, 0.1) is 29.6 Å². The van der Waals surface area contributed by atoms with E-state index in [4.69, 9.17) is 29.4 Å². The summed E-state index contributed by atoms with van der Waals surface area (Å²) in [7, 11) is 6.07. The molecule has 0 aromatic heterocycles. The van der Waals surface area contributed by atoms with Crippen LogP contribution >= 0.6 is 0 Å². The van der Waals surface area contributed by atoms with Gasteiger partial charge >= 0.3 is 12.1 Å². The van der Waals surface area contributed by atoms with Crippen molar-refractivity contribution in [3.8, 4) is 5.75 Å². The lowest BCUT2D eigenvalue weighted by atomic mass is 9.83. The SMILES string of the molecule is CC[C@H](C)[C@@H]([C@@H](CC(=O)N1CCCC1[C@H](OC)[C@@H](C)C(=O)N[C@H](C)[C@@H](O)c1ccccc1)OC)N(C)C(=O)[C@@H](CC(=O)[C@H](C(C)C)N(C)C(=O)OCc1ccc(O[C@@H]2O[C@H](C(=O)O)[C@@H](O)[C@H](O)[C@H]2O)c(NC(=O)CCN)c1)C(C)C. The number of nitrogens with two attached hydrogens (primary N) is 1. The van der Waals surface area contributed by atoms with E-state index in [2.05, 4.69) is 10.6 Å². The Hall–Kier alpha value is -5.79. The Labute approximate surface area is 469 Å². The fraction of sp³-hybridized carbons (Fsp3) is 0.667. The lowest BCUT2D eigenvalue weighted by Crippen LogP contribution is -2.61. The van der Waals surface area contributed by atoms with Crippen LogP contribution < -0.4 is 21.1 Å². The van der Waals surface area contributed by atoms with E-state index >= 15 is 0 Å². The number of benzene rings is 2. The summed E-state index contributed by atoms with van der Waals surface area (Å²) in [6.45, 7) is 14.7. The highest BCUT2D eigenvalue weighted by molar-refractivity contribution is 5.93. The molecule has 0 radical (unpaired) electrons. The van der Waals surface area contributed by atoms with Crippen LogP contribution in [-0.2, 0) is 54.3 Å². The average Bonchev–Trinajstić information content (AvgIpc) is 3.91. The molecule has 2 aliphatic rings. The van der Waals surface area contributed by atoms with Crippen molar-refractivity contribution in [2.75, 3.05) is 46.7 Å². The minimum Gasteiger partial charge on any atom is -0.479 e. The number of amides is 5. The molecule has 2 fully saturated rings. The average molecular weight is 1130 g/mol. The number of ketones is 1. The lowest BCUT2D eigenvalue weighted by molar-refractivity contribution is -0.271. The van der Waals surface area contributed by atoms with Gasteiger partial charge in [0.15, 0.2) is 11.9 Å². The van der Waals surface area contributed by atoms with E-state index in [-0.39, 0.29) is 73.4 Å². The van der Waals surface area contributed by atoms with Crippen LogP contribution in [0.15, 0.2) is 48.5 Å². The van der Waals surface area contributed by atoms with Crippen LogP contribution in [0.2, 0.25) is 0 Å². The Balaban J connectivity index is 1.47. The Bertz CT molecular complexity index is 2380. The molecule has 9 N–H and O–H groups in total. The second-order valence-electron chi connectivity index (χ2n) is 21.9. The monoisotopic (exact) mass is 1130 g/mol. The van der Waals surface area contributed by atoms with Crippen LogP contribution in [-0.4, -0.2) is 190 Å². The number of likely N-dealkylation sites (N-methyl/N-ethyl adjacent to an activating group) is 2. The van der Waals surface area contributed by atoms with E-state index in [1.165, 1.54) is 44.4 Å². The van der Waals surface area contributed by atoms with E-state index in [9.17, 15) is 59.1 Å². The second-order valence-corrected chi connectivity index (χ2v) is 21.9. The minimum atomic E-state index is -1.97. The maximum absolute atomic E-state index is 14.8. The van der Waals surface area contributed by atoms with Gasteiger partial charge in [-0.15, -0.1) is 0 Å². The second kappa shape index (κ2) is 30.9. The largest absolute Gasteiger partial charge is 0.479 e. The molecule has 2 heterocycles. The number of aliphatic hydroxyl groups excluding tert-OH is 4. The summed E-state index contributed by atoms with van der Waals surface area (Å²) < 4.78 is 28.7. The normalized spacial score (nSPS) is 22.7. The number of Topliss-reactive ketones (excluding diaryl/α,β-unsaturated/α-hetero) is 1. The first kappa shape index (κ1) is 66.7. The maximum atomic E-state index is 14.8. The first-order valence-corrected chi connectivity index (χ1v) is 27.5. The summed E-state index contributed by atoms with van der Waals surface area (Å²) in [6, 6.07) is 10.5. The van der Waals surface area contributed by atoms with Crippen molar-refractivity contribution in [2.45, 2.75) is 174 Å². The van der Waals surface area contributed by atoms with Gasteiger partial charge in [-0.1, -0.05) is 91.3 Å². The molecule has 15 atom stereocenters. The molecule has 5 amide bonds. The molecule has 0 bridgehead atoms. The highest BCUT2D eigenvalue weighted by Crippen LogP contribution is 2.34. The van der Waals surface area contributed by atoms with Crippen LogP contribution in [0.4, 0.5) is 10.5 Å². The minimum absolute atomic E-state index is 0.0139. The number of rotatable bonds is 29. The summed E-state index contributed by atoms with van der Waals surface area (Å²) >= 11 is 0. The predicted octanol–water partition coefficient (Wildman–Crippen LogP) is 3.23. The Morgan fingerprint density at radius 2 is 1.52 bits per heavy atom. The fourth-order valence-corrected chi connectivity index (χ4v) is 10.8. The number of hydrogen-bond acceptors (Lipinski definition) is 17. The Morgan fingerprint density at radius 1 is 0.863 bits per heavy atom. The number of nitrogens with one attached hydrogen (secondary N) is 2. The maximum Gasteiger partial charge on any atom is 0.410 e. The van der Waals surface area contributed by atoms with Crippen molar-refractivity contribution in [3.05, 3.63) is 59.7 Å². The first-order valence-electron chi connectivity index (χ1n) is 27.5. The number of carbonyl (C=O) groups is 7. The van der Waals surface area contributed by atoms with E-state index in [1.54, 1.807) is 56.7 Å². The zero-order valence-electron chi connectivity index (χ0n) is 48.4. The van der Waals surface area contributed by atoms with E-state index in [1.807, 2.05) is 45.9 Å². The number of nitrogens with zero attached hydrogens (tertiary/aromatic N) is 3. The van der Waals surface area contributed by atoms with Gasteiger partial charge < -0.3 is 80.3 Å². The third kappa shape index (κ3) is 16.9. The molecule has 2 saturated heterocycles. The predicted molar refractivity (Wildman–Crippen MR) is 293 cm³/mol. The van der Waals surface area contributed by atoms with Gasteiger partial charge in [0.05, 0.1) is 60.5 Å². The Morgan fingerprint density at radius 3 is 2.10 bits per heavy atom.